The van der Waals surface area contributed by atoms with Crippen molar-refractivity contribution in [1.29, 1.82) is 0 Å². The van der Waals surface area contributed by atoms with Gasteiger partial charge in [0.2, 0.25) is 0 Å². The molecule has 0 bridgehead atoms. The summed E-state index contributed by atoms with van der Waals surface area (Å²) in [6, 6.07) is 9.58. The number of para-hydroxylation sites is 1. The van der Waals surface area contributed by atoms with E-state index in [4.69, 9.17) is 4.74 Å². The molecule has 2 aromatic rings. The first kappa shape index (κ1) is 16.4. The van der Waals surface area contributed by atoms with Crippen LogP contribution in [-0.2, 0) is 11.3 Å². The van der Waals surface area contributed by atoms with Crippen LogP contribution in [0.3, 0.4) is 0 Å². The maximum atomic E-state index is 12.1. The maximum absolute atomic E-state index is 12.1. The summed E-state index contributed by atoms with van der Waals surface area (Å²) >= 11 is 0. The summed E-state index contributed by atoms with van der Waals surface area (Å²) in [4.78, 5) is 12.1. The van der Waals surface area contributed by atoms with Crippen LogP contribution in [-0.4, -0.2) is 39.8 Å². The van der Waals surface area contributed by atoms with E-state index in [0.29, 0.717) is 12.2 Å². The molecule has 7 nitrogen and oxygen atoms in total. The largest absolute Gasteiger partial charge is 0.376 e. The monoisotopic (exact) mass is 329 g/mol. The smallest absolute Gasteiger partial charge is 0.315 e. The first-order chi connectivity index (χ1) is 11.8. The van der Waals surface area contributed by atoms with Gasteiger partial charge in [-0.2, -0.15) is 0 Å². The van der Waals surface area contributed by atoms with Crippen molar-refractivity contribution in [2.45, 2.75) is 44.9 Å². The number of hydrogen-bond donors (Lipinski definition) is 2. The van der Waals surface area contributed by atoms with Gasteiger partial charge in [0.05, 0.1) is 30.6 Å². The highest BCUT2D eigenvalue weighted by atomic mass is 16.5. The number of ether oxygens (including phenoxy) is 1. The Hall–Kier alpha value is -2.41. The first-order valence-corrected chi connectivity index (χ1v) is 8.39. The number of carbonyl (C=O) groups excluding carboxylic acids is 1. The van der Waals surface area contributed by atoms with Crippen LogP contribution in [0.4, 0.5) is 4.79 Å². The highest BCUT2D eigenvalue weighted by Crippen LogP contribution is 2.17. The summed E-state index contributed by atoms with van der Waals surface area (Å²) in [6.07, 6.45) is 4.85. The van der Waals surface area contributed by atoms with E-state index in [1.807, 2.05) is 36.5 Å². The van der Waals surface area contributed by atoms with E-state index in [0.717, 1.165) is 31.6 Å². The van der Waals surface area contributed by atoms with Crippen LogP contribution in [0.1, 0.15) is 31.9 Å². The van der Waals surface area contributed by atoms with Crippen LogP contribution in [0.15, 0.2) is 36.5 Å². The number of benzene rings is 1. The molecule has 1 aliphatic rings. The van der Waals surface area contributed by atoms with E-state index in [9.17, 15) is 4.79 Å². The standard InChI is InChI=1S/C17H23N5O2/c1-2-15(16-9-6-10-24-16)19-17(23)18-11-13-12-22(21-20-13)14-7-4-3-5-8-14/h3-5,7-8,12,15-16H,2,6,9-11H2,1H3,(H2,18,19,23)/t15-,16-/m1/s1. The first-order valence-electron chi connectivity index (χ1n) is 8.39. The number of nitrogens with one attached hydrogen (secondary N) is 2. The van der Waals surface area contributed by atoms with Crippen molar-refractivity contribution in [3.05, 3.63) is 42.2 Å². The minimum atomic E-state index is -0.202. The van der Waals surface area contributed by atoms with E-state index in [2.05, 4.69) is 27.9 Å². The molecule has 7 heteroatoms. The normalized spacial score (nSPS) is 18.3. The molecule has 2 atom stereocenters. The van der Waals surface area contributed by atoms with Gasteiger partial charge in [-0.25, -0.2) is 9.48 Å². The zero-order chi connectivity index (χ0) is 16.8. The van der Waals surface area contributed by atoms with Gasteiger partial charge in [-0.15, -0.1) is 5.10 Å². The van der Waals surface area contributed by atoms with Gasteiger partial charge in [-0.3, -0.25) is 0 Å². The van der Waals surface area contributed by atoms with Crippen LogP contribution < -0.4 is 10.6 Å². The molecule has 2 amide bonds. The predicted octanol–water partition coefficient (Wildman–Crippen LogP) is 2.02. The lowest BCUT2D eigenvalue weighted by molar-refractivity contribution is 0.0796. The van der Waals surface area contributed by atoms with Gasteiger partial charge >= 0.3 is 6.03 Å². The summed E-state index contributed by atoms with van der Waals surface area (Å²) in [7, 11) is 0. The molecule has 1 aromatic carbocycles. The Kier molecular flexibility index (Phi) is 5.43. The van der Waals surface area contributed by atoms with Crippen LogP contribution in [0.25, 0.3) is 5.69 Å². The maximum Gasteiger partial charge on any atom is 0.315 e. The van der Waals surface area contributed by atoms with Crippen molar-refractivity contribution >= 4 is 6.03 Å². The molecule has 1 aromatic heterocycles. The lowest BCUT2D eigenvalue weighted by atomic mass is 10.1. The van der Waals surface area contributed by atoms with E-state index in [1.165, 1.54) is 0 Å². The number of amides is 2. The molecule has 128 valence electrons. The number of aromatic nitrogens is 3. The van der Waals surface area contributed by atoms with Gasteiger partial charge < -0.3 is 15.4 Å². The van der Waals surface area contributed by atoms with Crippen molar-refractivity contribution in [2.24, 2.45) is 0 Å². The van der Waals surface area contributed by atoms with Crippen molar-refractivity contribution in [3.63, 3.8) is 0 Å². The van der Waals surface area contributed by atoms with Gasteiger partial charge in [-0.05, 0) is 31.4 Å². The predicted molar refractivity (Wildman–Crippen MR) is 89.8 cm³/mol. The van der Waals surface area contributed by atoms with E-state index in [1.54, 1.807) is 4.68 Å². The Morgan fingerprint density at radius 1 is 1.42 bits per heavy atom. The zero-order valence-electron chi connectivity index (χ0n) is 13.8. The molecular weight excluding hydrogens is 306 g/mol. The van der Waals surface area contributed by atoms with Crippen LogP contribution in [0.5, 0.6) is 0 Å². The van der Waals surface area contributed by atoms with Crippen molar-refractivity contribution in [1.82, 2.24) is 25.6 Å². The van der Waals surface area contributed by atoms with Gasteiger partial charge in [-0.1, -0.05) is 30.3 Å². The third-order valence-electron chi connectivity index (χ3n) is 4.16. The van der Waals surface area contributed by atoms with Crippen molar-refractivity contribution in [3.8, 4) is 5.69 Å². The molecule has 1 saturated heterocycles. The van der Waals surface area contributed by atoms with Gasteiger partial charge in [0.15, 0.2) is 0 Å². The molecule has 0 spiro atoms. The van der Waals surface area contributed by atoms with E-state index in [-0.39, 0.29) is 18.2 Å². The lowest BCUT2D eigenvalue weighted by Gasteiger charge is -2.22. The fourth-order valence-electron chi connectivity index (χ4n) is 2.85. The number of rotatable bonds is 6. The molecule has 0 saturated carbocycles. The highest BCUT2D eigenvalue weighted by molar-refractivity contribution is 5.74. The topological polar surface area (TPSA) is 81.1 Å². The number of nitrogens with zero attached hydrogens (tertiary/aromatic N) is 3. The Morgan fingerprint density at radius 2 is 2.25 bits per heavy atom. The Morgan fingerprint density at radius 3 is 2.96 bits per heavy atom. The second-order valence-corrected chi connectivity index (χ2v) is 5.88. The van der Waals surface area contributed by atoms with Gasteiger partial charge in [0.1, 0.15) is 5.69 Å². The molecule has 2 N–H and O–H groups in total. The third-order valence-corrected chi connectivity index (χ3v) is 4.16. The molecule has 24 heavy (non-hydrogen) atoms. The summed E-state index contributed by atoms with van der Waals surface area (Å²) in [5.41, 5.74) is 1.64. The lowest BCUT2D eigenvalue weighted by Crippen LogP contribution is -2.47. The van der Waals surface area contributed by atoms with Crippen molar-refractivity contribution in [2.75, 3.05) is 6.61 Å². The molecule has 1 fully saturated rings. The fourth-order valence-corrected chi connectivity index (χ4v) is 2.85. The minimum Gasteiger partial charge on any atom is -0.376 e. The Balaban J connectivity index is 1.50. The van der Waals surface area contributed by atoms with Crippen molar-refractivity contribution < 1.29 is 9.53 Å². The third kappa shape index (κ3) is 4.11. The van der Waals surface area contributed by atoms with Gasteiger partial charge in [0, 0.05) is 6.61 Å². The molecule has 0 radical (unpaired) electrons. The zero-order valence-corrected chi connectivity index (χ0v) is 13.8. The molecule has 1 aliphatic heterocycles. The highest BCUT2D eigenvalue weighted by Gasteiger charge is 2.25. The number of urea groups is 1. The second-order valence-electron chi connectivity index (χ2n) is 5.88. The summed E-state index contributed by atoms with van der Waals surface area (Å²) in [6.45, 7) is 3.17. The van der Waals surface area contributed by atoms with Crippen LogP contribution in [0.2, 0.25) is 0 Å². The molecule has 3 rings (SSSR count). The number of carbonyl (C=O) groups is 1. The SMILES string of the molecule is CC[C@@H](NC(=O)NCc1cn(-c2ccccc2)nn1)[C@H]1CCCO1. The molecule has 0 aliphatic carbocycles. The fraction of sp³-hybridized carbons (Fsp3) is 0.471. The van der Waals surface area contributed by atoms with Gasteiger partial charge in [0.25, 0.3) is 0 Å². The summed E-state index contributed by atoms with van der Waals surface area (Å²) < 4.78 is 7.34. The van der Waals surface area contributed by atoms with E-state index >= 15 is 0 Å². The molecule has 0 unspecified atom stereocenters. The minimum absolute atomic E-state index is 0.0486. The molecular formula is C17H23N5O2. The molecule has 2 heterocycles. The van der Waals surface area contributed by atoms with Crippen LogP contribution >= 0.6 is 0 Å². The average molecular weight is 329 g/mol. The Labute approximate surface area is 141 Å². The summed E-state index contributed by atoms with van der Waals surface area (Å²) in [5, 5.41) is 14.0. The second kappa shape index (κ2) is 7.92. The summed E-state index contributed by atoms with van der Waals surface area (Å²) in [5.74, 6) is 0. The Bertz CT molecular complexity index is 652. The number of hydrogen-bond acceptors (Lipinski definition) is 4. The van der Waals surface area contributed by atoms with Crippen LogP contribution in [0, 0.1) is 0 Å². The van der Waals surface area contributed by atoms with E-state index < -0.39 is 0 Å². The average Bonchev–Trinajstić information content (AvgIpc) is 3.30. The quantitative estimate of drug-likeness (QED) is 0.849.